The van der Waals surface area contributed by atoms with Gasteiger partial charge >= 0.3 is 0 Å². The molecule has 9 rings (SSSR count). The van der Waals surface area contributed by atoms with Crippen LogP contribution in [0.2, 0.25) is 0 Å². The van der Waals surface area contributed by atoms with Crippen LogP contribution in [0.1, 0.15) is 20.7 Å². The normalized spacial score (nSPS) is 13.8. The minimum absolute atomic E-state index is 0.216. The van der Waals surface area contributed by atoms with Crippen molar-refractivity contribution < 1.29 is 19.1 Å². The molecule has 0 unspecified atom stereocenters. The van der Waals surface area contributed by atoms with E-state index in [4.69, 9.17) is 19.4 Å². The van der Waals surface area contributed by atoms with Crippen molar-refractivity contribution in [2.75, 3.05) is 9.80 Å². The van der Waals surface area contributed by atoms with Crippen molar-refractivity contribution in [3.05, 3.63) is 132 Å². The number of hydrogen-bond acceptors (Lipinski definition) is 8. The van der Waals surface area contributed by atoms with Crippen LogP contribution in [-0.4, -0.2) is 21.5 Å². The first kappa shape index (κ1) is 24.3. The lowest BCUT2D eigenvalue weighted by atomic mass is 9.90. The number of para-hydroxylation sites is 8. The first-order chi connectivity index (χ1) is 21.7. The molecular weight excluding hydrogens is 552 g/mol. The van der Waals surface area contributed by atoms with Crippen LogP contribution in [0.3, 0.4) is 0 Å². The molecule has 4 aromatic carbocycles. The van der Waals surface area contributed by atoms with Crippen LogP contribution >= 0.6 is 0 Å². The average molecular weight is 573 g/mol. The number of ether oxygens (including phenoxy) is 2. The van der Waals surface area contributed by atoms with Crippen molar-refractivity contribution in [2.45, 2.75) is 0 Å². The van der Waals surface area contributed by atoms with Gasteiger partial charge in [0.05, 0.1) is 33.9 Å². The largest absolute Gasteiger partial charge is 0.453 e. The van der Waals surface area contributed by atoms with Gasteiger partial charge in [0.2, 0.25) is 11.6 Å². The van der Waals surface area contributed by atoms with Crippen LogP contribution in [0.4, 0.5) is 34.4 Å². The molecule has 44 heavy (non-hydrogen) atoms. The van der Waals surface area contributed by atoms with Gasteiger partial charge in [0, 0.05) is 0 Å². The summed E-state index contributed by atoms with van der Waals surface area (Å²) in [6.45, 7) is 0. The van der Waals surface area contributed by atoms with E-state index >= 15 is 0 Å². The highest BCUT2D eigenvalue weighted by Gasteiger charge is 2.36. The van der Waals surface area contributed by atoms with E-state index in [0.29, 0.717) is 46.0 Å². The van der Waals surface area contributed by atoms with Gasteiger partial charge in [-0.25, -0.2) is 9.97 Å². The lowest BCUT2D eigenvalue weighted by Crippen LogP contribution is -2.25. The van der Waals surface area contributed by atoms with Gasteiger partial charge in [-0.2, -0.15) is 0 Å². The fraction of sp³-hybridized carbons (Fsp3) is 0. The summed E-state index contributed by atoms with van der Waals surface area (Å²) in [5.74, 6) is 2.65. The highest BCUT2D eigenvalue weighted by molar-refractivity contribution is 6.52. The monoisotopic (exact) mass is 572 g/mol. The lowest BCUT2D eigenvalue weighted by molar-refractivity contribution is 0.0814. The van der Waals surface area contributed by atoms with Gasteiger partial charge in [0.15, 0.2) is 23.0 Å². The summed E-state index contributed by atoms with van der Waals surface area (Å²) in [5.41, 5.74) is 4.35. The number of anilines is 6. The molecule has 0 amide bonds. The Morgan fingerprint density at radius 1 is 0.409 bits per heavy atom. The quantitative estimate of drug-likeness (QED) is 0.190. The molecule has 2 aromatic heterocycles. The smallest absolute Gasteiger partial charge is 0.235 e. The molecule has 0 bridgehead atoms. The standard InChI is InChI=1S/C36H20N4O4/c41-35-21-17-19-31(39-23-9-1-5-13-27(23)43-28-14-6-2-10-24(28)39)37-33(21)34-22(36(35)42)18-20-32(38-34)40-25-11-3-7-15-29(25)44-30-16-8-4-12-26(30)40/h1-20H. The van der Waals surface area contributed by atoms with E-state index in [9.17, 15) is 9.59 Å². The molecule has 0 saturated carbocycles. The third kappa shape index (κ3) is 3.45. The van der Waals surface area contributed by atoms with E-state index in [1.54, 1.807) is 24.3 Å². The maximum atomic E-state index is 13.3. The van der Waals surface area contributed by atoms with Crippen LogP contribution in [0.25, 0.3) is 11.4 Å². The van der Waals surface area contributed by atoms with E-state index in [0.717, 1.165) is 22.7 Å². The van der Waals surface area contributed by atoms with Crippen LogP contribution < -0.4 is 19.3 Å². The lowest BCUT2D eigenvalue weighted by Gasteiger charge is -2.33. The number of carbonyl (C=O) groups excluding carboxylic acids is 2. The zero-order valence-electron chi connectivity index (χ0n) is 23.0. The Morgan fingerprint density at radius 3 is 1.07 bits per heavy atom. The zero-order valence-corrected chi connectivity index (χ0v) is 23.0. The van der Waals surface area contributed by atoms with E-state index in [1.807, 2.05) is 107 Å². The summed E-state index contributed by atoms with van der Waals surface area (Å²) in [5, 5.41) is 0. The summed E-state index contributed by atoms with van der Waals surface area (Å²) < 4.78 is 12.3. The number of nitrogens with zero attached hydrogens (tertiary/aromatic N) is 4. The Balaban J connectivity index is 1.24. The van der Waals surface area contributed by atoms with Crippen molar-refractivity contribution >= 4 is 46.0 Å². The maximum Gasteiger partial charge on any atom is 0.235 e. The van der Waals surface area contributed by atoms with E-state index in [2.05, 4.69) is 0 Å². The number of carbonyl (C=O) groups is 2. The fourth-order valence-corrected chi connectivity index (χ4v) is 6.02. The molecule has 8 heteroatoms. The van der Waals surface area contributed by atoms with Crippen LogP contribution in [0, 0.1) is 0 Å². The van der Waals surface area contributed by atoms with Gasteiger partial charge in [-0.05, 0) is 72.8 Å². The number of hydrogen-bond donors (Lipinski definition) is 0. The molecule has 0 fully saturated rings. The molecule has 4 heterocycles. The summed E-state index contributed by atoms with van der Waals surface area (Å²) >= 11 is 0. The van der Waals surface area contributed by atoms with Crippen molar-refractivity contribution in [3.8, 4) is 34.4 Å². The van der Waals surface area contributed by atoms with Crippen molar-refractivity contribution in [3.63, 3.8) is 0 Å². The molecule has 8 nitrogen and oxygen atoms in total. The summed E-state index contributed by atoms with van der Waals surface area (Å²) in [7, 11) is 0. The number of benzene rings is 4. The van der Waals surface area contributed by atoms with E-state index in [-0.39, 0.29) is 11.1 Å². The zero-order chi connectivity index (χ0) is 29.4. The molecule has 0 radical (unpaired) electrons. The molecule has 0 N–H and O–H groups in total. The van der Waals surface area contributed by atoms with Crippen LogP contribution in [-0.2, 0) is 0 Å². The van der Waals surface area contributed by atoms with Gasteiger partial charge < -0.3 is 9.47 Å². The van der Waals surface area contributed by atoms with Crippen LogP contribution in [0.5, 0.6) is 23.0 Å². The summed E-state index contributed by atoms with van der Waals surface area (Å²) in [6, 6.07) is 37.7. The van der Waals surface area contributed by atoms with Crippen molar-refractivity contribution in [2.24, 2.45) is 0 Å². The summed E-state index contributed by atoms with van der Waals surface area (Å²) in [4.78, 5) is 40.6. The number of Topliss-reactive ketones (excluding diaryl/α,β-unsaturated/α-hetero) is 2. The second kappa shape index (κ2) is 9.11. The highest BCUT2D eigenvalue weighted by atomic mass is 16.5. The third-order valence-electron chi connectivity index (χ3n) is 8.00. The minimum atomic E-state index is -0.606. The number of pyridine rings is 2. The molecule has 2 aliphatic heterocycles. The van der Waals surface area contributed by atoms with Gasteiger partial charge in [-0.1, -0.05) is 48.5 Å². The molecule has 208 valence electrons. The van der Waals surface area contributed by atoms with E-state index in [1.165, 1.54) is 0 Å². The minimum Gasteiger partial charge on any atom is -0.453 e. The van der Waals surface area contributed by atoms with E-state index < -0.39 is 11.6 Å². The number of fused-ring (bicyclic) bond motifs is 7. The van der Waals surface area contributed by atoms with Gasteiger partial charge in [0.1, 0.15) is 23.0 Å². The summed E-state index contributed by atoms with van der Waals surface area (Å²) in [6.07, 6.45) is 0. The third-order valence-corrected chi connectivity index (χ3v) is 8.00. The van der Waals surface area contributed by atoms with Gasteiger partial charge in [0.25, 0.3) is 0 Å². The Morgan fingerprint density at radius 2 is 0.727 bits per heavy atom. The van der Waals surface area contributed by atoms with Crippen molar-refractivity contribution in [1.82, 2.24) is 9.97 Å². The Labute approximate surface area is 251 Å². The molecule has 0 spiro atoms. The highest BCUT2D eigenvalue weighted by Crippen LogP contribution is 2.52. The average Bonchev–Trinajstić information content (AvgIpc) is 3.08. The molecule has 1 aliphatic carbocycles. The van der Waals surface area contributed by atoms with Crippen LogP contribution in [0.15, 0.2) is 121 Å². The Bertz CT molecular complexity index is 1960. The van der Waals surface area contributed by atoms with Gasteiger partial charge in [-0.3, -0.25) is 19.4 Å². The predicted molar refractivity (Wildman–Crippen MR) is 166 cm³/mol. The molecule has 0 saturated heterocycles. The SMILES string of the molecule is O=C1C(=O)c2ccc(N3c4ccccc4Oc4ccccc43)nc2-c2nc(N3c4ccccc4Oc4ccccc43)ccc21. The Kier molecular flexibility index (Phi) is 5.04. The number of ketones is 2. The molecule has 3 aliphatic rings. The fourth-order valence-electron chi connectivity index (χ4n) is 6.02. The van der Waals surface area contributed by atoms with Gasteiger partial charge in [-0.15, -0.1) is 0 Å². The molecular formula is C36H20N4O4. The Hall–Kier alpha value is -6.28. The second-order valence-corrected chi connectivity index (χ2v) is 10.5. The number of rotatable bonds is 2. The number of aromatic nitrogens is 2. The maximum absolute atomic E-state index is 13.3. The topological polar surface area (TPSA) is 84.9 Å². The first-order valence-corrected chi connectivity index (χ1v) is 14.1. The molecule has 0 atom stereocenters. The second-order valence-electron chi connectivity index (χ2n) is 10.5. The molecule has 6 aromatic rings. The first-order valence-electron chi connectivity index (χ1n) is 14.1. The predicted octanol–water partition coefficient (Wildman–Crippen LogP) is 8.67. The van der Waals surface area contributed by atoms with Crippen molar-refractivity contribution in [1.29, 1.82) is 0 Å².